The first-order valence-corrected chi connectivity index (χ1v) is 14.2. The third-order valence-electron chi connectivity index (χ3n) is 7.06. The van der Waals surface area contributed by atoms with Crippen LogP contribution in [0.3, 0.4) is 0 Å². The Bertz CT molecular complexity index is 1260. The fourth-order valence-corrected chi connectivity index (χ4v) is 4.85. The van der Waals surface area contributed by atoms with Gasteiger partial charge >= 0.3 is 0 Å². The van der Waals surface area contributed by atoms with Gasteiger partial charge in [0.25, 0.3) is 0 Å². The van der Waals surface area contributed by atoms with Gasteiger partial charge < -0.3 is 20.5 Å². The topological polar surface area (TPSA) is 120 Å². The minimum atomic E-state index is 0.136. The van der Waals surface area contributed by atoms with E-state index in [0.29, 0.717) is 30.9 Å². The summed E-state index contributed by atoms with van der Waals surface area (Å²) in [6.45, 7) is 12.7. The molecule has 40 heavy (non-hydrogen) atoms. The van der Waals surface area contributed by atoms with Crippen molar-refractivity contribution in [3.63, 3.8) is 0 Å². The molecule has 0 radical (unpaired) electrons. The molecule has 3 aromatic rings. The van der Waals surface area contributed by atoms with E-state index >= 15 is 0 Å². The molecular weight excluding hydrogens is 506 g/mol. The van der Waals surface area contributed by atoms with E-state index in [9.17, 15) is 4.79 Å². The van der Waals surface area contributed by atoms with Gasteiger partial charge in [0.05, 0.1) is 19.4 Å². The molecule has 0 atom stereocenters. The minimum Gasteiger partial charge on any atom is -0.381 e. The predicted molar refractivity (Wildman–Crippen MR) is 157 cm³/mol. The van der Waals surface area contributed by atoms with Crippen molar-refractivity contribution in [3.05, 3.63) is 65.1 Å². The van der Waals surface area contributed by atoms with E-state index in [1.54, 1.807) is 16.9 Å². The third-order valence-corrected chi connectivity index (χ3v) is 7.06. The van der Waals surface area contributed by atoms with Crippen LogP contribution in [0, 0.1) is 6.92 Å². The molecule has 3 N–H and O–H groups in total. The molecule has 2 aliphatic rings. The highest BCUT2D eigenvalue weighted by Gasteiger charge is 2.16. The summed E-state index contributed by atoms with van der Waals surface area (Å²) in [6.07, 6.45) is 9.68. The molecule has 2 aliphatic heterocycles. The van der Waals surface area contributed by atoms with Gasteiger partial charge in [-0.05, 0) is 42.9 Å². The smallest absolute Gasteiger partial charge is 0.226 e. The Balaban J connectivity index is 0.000000186. The van der Waals surface area contributed by atoms with E-state index in [2.05, 4.69) is 45.2 Å². The molecule has 0 aliphatic carbocycles. The predicted octanol–water partition coefficient (Wildman–Crippen LogP) is 3.29. The highest BCUT2D eigenvalue weighted by Crippen LogP contribution is 2.20. The Morgan fingerprint density at radius 1 is 1.12 bits per heavy atom. The lowest BCUT2D eigenvalue weighted by Crippen LogP contribution is -2.36. The number of aromatic nitrogens is 4. The fourth-order valence-electron chi connectivity index (χ4n) is 4.85. The second kappa shape index (κ2) is 15.0. The number of allylic oxidation sites excluding steroid dienone is 1. The average molecular weight is 550 g/mol. The van der Waals surface area contributed by atoms with Crippen LogP contribution in [0.1, 0.15) is 54.9 Å². The zero-order chi connectivity index (χ0) is 28.3. The lowest BCUT2D eigenvalue weighted by Gasteiger charge is -2.25. The van der Waals surface area contributed by atoms with Gasteiger partial charge in [-0.2, -0.15) is 10.1 Å². The maximum Gasteiger partial charge on any atom is 0.226 e. The SMILES string of the molecule is CC(C)c1cnn2cnc(NC3CCOCC3)nc12.Cc1cc(CN)cc(CC(=O)/C=C/CN2CCOCC2)c1. The standard InChI is InChI=1S/C17H24N2O2.C13H19N5O/c1-14-9-15(11-16(10-14)13-18)12-17(20)3-2-4-19-5-7-21-8-6-19;1-9(2)11-7-15-18-8-14-13(17-12(11)18)16-10-3-5-19-6-4-10/h2-3,9-11H,4-8,12-13,18H2,1H3;7-10H,3-6H2,1-2H3,(H,16,17)/b3-2+;. The van der Waals surface area contributed by atoms with E-state index in [-0.39, 0.29) is 5.78 Å². The number of nitrogens with two attached hydrogens (primary N) is 1. The van der Waals surface area contributed by atoms with Gasteiger partial charge in [-0.1, -0.05) is 43.7 Å². The Morgan fingerprint density at radius 3 is 2.58 bits per heavy atom. The van der Waals surface area contributed by atoms with Crippen LogP contribution in [-0.4, -0.2) is 82.4 Å². The summed E-state index contributed by atoms with van der Waals surface area (Å²) in [5.41, 5.74) is 11.0. The number of nitrogens with zero attached hydrogens (tertiary/aromatic N) is 5. The fraction of sp³-hybridized carbons (Fsp3) is 0.533. The first kappa shape index (κ1) is 29.8. The number of morpholine rings is 1. The number of anilines is 1. The first-order chi connectivity index (χ1) is 19.4. The Labute approximate surface area is 237 Å². The number of ether oxygens (including phenoxy) is 2. The van der Waals surface area contributed by atoms with Crippen molar-refractivity contribution in [1.29, 1.82) is 0 Å². The van der Waals surface area contributed by atoms with Crippen LogP contribution in [-0.2, 0) is 27.2 Å². The maximum atomic E-state index is 12.0. The van der Waals surface area contributed by atoms with Crippen LogP contribution in [0.25, 0.3) is 5.65 Å². The van der Waals surface area contributed by atoms with Crippen LogP contribution in [0.15, 0.2) is 42.9 Å². The van der Waals surface area contributed by atoms with E-state index in [1.807, 2.05) is 31.3 Å². The van der Waals surface area contributed by atoms with Gasteiger partial charge in [0.1, 0.15) is 6.33 Å². The lowest BCUT2D eigenvalue weighted by atomic mass is 10.0. The van der Waals surface area contributed by atoms with Gasteiger partial charge in [0.2, 0.25) is 5.95 Å². The van der Waals surface area contributed by atoms with E-state index < -0.39 is 0 Å². The zero-order valence-electron chi connectivity index (χ0n) is 24.0. The van der Waals surface area contributed by atoms with Gasteiger partial charge in [-0.15, -0.1) is 0 Å². The van der Waals surface area contributed by atoms with Crippen LogP contribution in [0.4, 0.5) is 5.95 Å². The Morgan fingerprint density at radius 2 is 1.85 bits per heavy atom. The zero-order valence-corrected chi connectivity index (χ0v) is 24.0. The molecule has 0 spiro atoms. The number of carbonyl (C=O) groups is 1. The second-order valence-electron chi connectivity index (χ2n) is 10.7. The van der Waals surface area contributed by atoms with Crippen molar-refractivity contribution < 1.29 is 14.3 Å². The molecule has 0 bridgehead atoms. The minimum absolute atomic E-state index is 0.136. The number of rotatable bonds is 9. The van der Waals surface area contributed by atoms with Crippen molar-refractivity contribution in [2.75, 3.05) is 51.4 Å². The lowest BCUT2D eigenvalue weighted by molar-refractivity contribution is -0.114. The molecule has 0 amide bonds. The summed E-state index contributed by atoms with van der Waals surface area (Å²) < 4.78 is 12.4. The summed E-state index contributed by atoms with van der Waals surface area (Å²) in [6, 6.07) is 6.53. The van der Waals surface area contributed by atoms with Gasteiger partial charge in [-0.3, -0.25) is 9.69 Å². The summed E-state index contributed by atoms with van der Waals surface area (Å²) in [4.78, 5) is 23.2. The van der Waals surface area contributed by atoms with Crippen molar-refractivity contribution >= 4 is 17.4 Å². The number of carbonyl (C=O) groups excluding carboxylic acids is 1. The largest absolute Gasteiger partial charge is 0.381 e. The molecule has 2 saturated heterocycles. The van der Waals surface area contributed by atoms with Crippen molar-refractivity contribution in [1.82, 2.24) is 24.5 Å². The second-order valence-corrected chi connectivity index (χ2v) is 10.7. The van der Waals surface area contributed by atoms with Crippen molar-refractivity contribution in [2.45, 2.75) is 58.5 Å². The molecule has 2 aromatic heterocycles. The Hall–Kier alpha value is -3.18. The molecule has 216 valence electrons. The summed E-state index contributed by atoms with van der Waals surface area (Å²) in [7, 11) is 0. The number of benzene rings is 1. The maximum absolute atomic E-state index is 12.0. The molecule has 10 nitrogen and oxygen atoms in total. The number of aryl methyl sites for hydroxylation is 1. The van der Waals surface area contributed by atoms with Gasteiger partial charge in [0, 0.05) is 57.4 Å². The van der Waals surface area contributed by atoms with E-state index in [1.165, 1.54) is 0 Å². The number of ketones is 1. The first-order valence-electron chi connectivity index (χ1n) is 14.2. The number of hydrogen-bond donors (Lipinski definition) is 2. The molecule has 2 fully saturated rings. The summed E-state index contributed by atoms with van der Waals surface area (Å²) >= 11 is 0. The molecule has 0 saturated carbocycles. The Kier molecular flexibility index (Phi) is 11.2. The van der Waals surface area contributed by atoms with Crippen molar-refractivity contribution in [2.24, 2.45) is 5.73 Å². The normalized spacial score (nSPS) is 16.8. The van der Waals surface area contributed by atoms with Gasteiger partial charge in [0.15, 0.2) is 11.4 Å². The summed E-state index contributed by atoms with van der Waals surface area (Å²) in [5.74, 6) is 1.22. The van der Waals surface area contributed by atoms with Crippen molar-refractivity contribution in [3.8, 4) is 0 Å². The van der Waals surface area contributed by atoms with E-state index in [0.717, 1.165) is 86.8 Å². The van der Waals surface area contributed by atoms with Gasteiger partial charge in [-0.25, -0.2) is 9.50 Å². The molecule has 5 rings (SSSR count). The molecular formula is C30H43N7O3. The van der Waals surface area contributed by atoms with Crippen LogP contribution >= 0.6 is 0 Å². The number of nitrogens with one attached hydrogen (secondary N) is 1. The molecule has 4 heterocycles. The monoisotopic (exact) mass is 549 g/mol. The van der Waals surface area contributed by atoms with Crippen LogP contribution < -0.4 is 11.1 Å². The third kappa shape index (κ3) is 8.92. The molecule has 0 unspecified atom stereocenters. The van der Waals surface area contributed by atoms with E-state index in [4.69, 9.17) is 15.2 Å². The summed E-state index contributed by atoms with van der Waals surface area (Å²) in [5, 5.41) is 7.66. The number of hydrogen-bond acceptors (Lipinski definition) is 9. The number of fused-ring (bicyclic) bond motifs is 1. The highest BCUT2D eigenvalue weighted by molar-refractivity contribution is 5.91. The quantitative estimate of drug-likeness (QED) is 0.388. The molecule has 1 aromatic carbocycles. The molecule has 10 heteroatoms. The average Bonchev–Trinajstić information content (AvgIpc) is 3.38. The highest BCUT2D eigenvalue weighted by atomic mass is 16.5. The van der Waals surface area contributed by atoms with Crippen LogP contribution in [0.5, 0.6) is 0 Å². The van der Waals surface area contributed by atoms with Crippen LogP contribution in [0.2, 0.25) is 0 Å².